The Morgan fingerprint density at radius 2 is 1.17 bits per heavy atom. The monoisotopic (exact) mass is 687 g/mol. The van der Waals surface area contributed by atoms with Gasteiger partial charge in [-0.3, -0.25) is 4.99 Å². The van der Waals surface area contributed by atoms with Crippen molar-refractivity contribution >= 4 is 28.9 Å². The van der Waals surface area contributed by atoms with Gasteiger partial charge in [0.2, 0.25) is 0 Å². The maximum atomic E-state index is 13.3. The van der Waals surface area contributed by atoms with E-state index in [1.165, 1.54) is 0 Å². The molecular formula is C30H23Cl2F6NOZr. The fourth-order valence-electron chi connectivity index (χ4n) is 4.20. The van der Waals surface area contributed by atoms with Crippen LogP contribution in [0.25, 0.3) is 11.1 Å². The number of phenols is 1. The first-order valence-corrected chi connectivity index (χ1v) is 18.3. The SMILES string of the molecule is CC(C)(c1ccccc1)c1cc(-c2ccccc2)cc(C=Nc2cc(C(F)(F)F)cc(C(F)(F)F)c2)c1O.[Cl][Zr][Cl]. The Balaban J connectivity index is 0.00000147. The first kappa shape index (κ1) is 32.9. The fraction of sp³-hybridized carbons (Fsp3) is 0.167. The molecule has 2 nitrogen and oxygen atoms in total. The zero-order valence-electron chi connectivity index (χ0n) is 21.7. The quantitative estimate of drug-likeness (QED) is 0.164. The standard InChI is InChI=1S/C30H23F6NO.2ClH.Zr/c1-28(2,22-11-7-4-8-12-22)26-14-20(19-9-5-3-6-10-19)13-21(27(26)38)18-37-25-16-23(29(31,32)33)15-24(17-25)30(34,35)36;;;/h3-18,38H,1-2H3;2*1H;/q;;;+2/p-2. The molecule has 0 saturated heterocycles. The number of alkyl halides is 6. The third kappa shape index (κ3) is 8.46. The predicted octanol–water partition coefficient (Wildman–Crippen LogP) is 10.5. The Kier molecular flexibility index (Phi) is 10.9. The molecule has 0 aromatic heterocycles. The van der Waals surface area contributed by atoms with Gasteiger partial charge in [-0.1, -0.05) is 74.5 Å². The van der Waals surface area contributed by atoms with E-state index in [0.717, 1.165) is 17.3 Å². The maximum absolute atomic E-state index is 13.3. The van der Waals surface area contributed by atoms with Crippen molar-refractivity contribution in [1.82, 2.24) is 0 Å². The molecule has 0 radical (unpaired) electrons. The van der Waals surface area contributed by atoms with Gasteiger partial charge in [-0.15, -0.1) is 0 Å². The second-order valence-electron chi connectivity index (χ2n) is 9.41. The molecule has 0 bridgehead atoms. The van der Waals surface area contributed by atoms with E-state index in [2.05, 4.69) is 4.99 Å². The van der Waals surface area contributed by atoms with Crippen molar-refractivity contribution < 1.29 is 52.3 Å². The number of rotatable bonds is 5. The minimum absolute atomic E-state index is 0.0486. The Bertz CT molecular complexity index is 1460. The molecule has 214 valence electrons. The van der Waals surface area contributed by atoms with Crippen LogP contribution in [0.3, 0.4) is 0 Å². The van der Waals surface area contributed by atoms with Crippen LogP contribution in [0.1, 0.15) is 41.7 Å². The van der Waals surface area contributed by atoms with E-state index in [-0.39, 0.29) is 17.4 Å². The number of hydrogen-bond acceptors (Lipinski definition) is 2. The van der Waals surface area contributed by atoms with Crippen LogP contribution in [0, 0.1) is 0 Å². The summed E-state index contributed by atoms with van der Waals surface area (Å²) < 4.78 is 79.7. The van der Waals surface area contributed by atoms with E-state index < -0.39 is 55.4 Å². The topological polar surface area (TPSA) is 32.6 Å². The molecule has 0 spiro atoms. The van der Waals surface area contributed by atoms with Gasteiger partial charge in [0, 0.05) is 22.8 Å². The van der Waals surface area contributed by atoms with Gasteiger partial charge in [-0.2, -0.15) is 26.3 Å². The van der Waals surface area contributed by atoms with Gasteiger partial charge < -0.3 is 5.11 Å². The molecule has 41 heavy (non-hydrogen) atoms. The Labute approximate surface area is 252 Å². The number of aliphatic imine (C=N–C) groups is 1. The zero-order chi connectivity index (χ0) is 30.4. The molecule has 4 aromatic carbocycles. The summed E-state index contributed by atoms with van der Waals surface area (Å²) in [7, 11) is 9.87. The van der Waals surface area contributed by atoms with Crippen molar-refractivity contribution in [2.75, 3.05) is 0 Å². The molecular weight excluding hydrogens is 666 g/mol. The van der Waals surface area contributed by atoms with Crippen LogP contribution < -0.4 is 0 Å². The molecule has 1 N–H and O–H groups in total. The Hall–Kier alpha value is -2.61. The molecule has 11 heteroatoms. The summed E-state index contributed by atoms with van der Waals surface area (Å²) in [5.74, 6) is -0.176. The van der Waals surface area contributed by atoms with Gasteiger partial charge in [-0.25, -0.2) is 0 Å². The summed E-state index contributed by atoms with van der Waals surface area (Å²) in [5.41, 5.74) is -1.09. The van der Waals surface area contributed by atoms with E-state index in [1.807, 2.05) is 80.6 Å². The van der Waals surface area contributed by atoms with Crippen LogP contribution in [-0.2, 0) is 38.6 Å². The van der Waals surface area contributed by atoms with E-state index in [0.29, 0.717) is 23.3 Å². The molecule has 0 fully saturated rings. The van der Waals surface area contributed by atoms with Crippen molar-refractivity contribution in [1.29, 1.82) is 0 Å². The fourth-order valence-corrected chi connectivity index (χ4v) is 4.20. The molecule has 0 atom stereocenters. The van der Waals surface area contributed by atoms with Crippen LogP contribution in [0.15, 0.2) is 96.0 Å². The molecule has 0 amide bonds. The zero-order valence-corrected chi connectivity index (χ0v) is 25.6. The minimum atomic E-state index is -4.99. The third-order valence-corrected chi connectivity index (χ3v) is 6.34. The summed E-state index contributed by atoms with van der Waals surface area (Å²) in [5, 5.41) is 11.3. The number of aromatic hydroxyl groups is 1. The Morgan fingerprint density at radius 3 is 1.66 bits per heavy atom. The average molecular weight is 690 g/mol. The van der Waals surface area contributed by atoms with Crippen LogP contribution >= 0.6 is 17.0 Å². The van der Waals surface area contributed by atoms with E-state index >= 15 is 0 Å². The second-order valence-corrected chi connectivity index (χ2v) is 13.1. The van der Waals surface area contributed by atoms with Crippen molar-refractivity contribution in [3.05, 3.63) is 119 Å². The third-order valence-electron chi connectivity index (χ3n) is 6.34. The van der Waals surface area contributed by atoms with Crippen molar-refractivity contribution in [2.45, 2.75) is 31.6 Å². The molecule has 0 heterocycles. The average Bonchev–Trinajstić information content (AvgIpc) is 2.92. The second kappa shape index (κ2) is 13.6. The molecule has 0 aliphatic rings. The normalized spacial score (nSPS) is 12.1. The molecule has 4 aromatic rings. The molecule has 0 unspecified atom stereocenters. The molecule has 0 saturated carbocycles. The molecule has 0 aliphatic carbocycles. The number of phenolic OH excluding ortho intramolecular Hbond substituents is 1. The Morgan fingerprint density at radius 1 is 0.683 bits per heavy atom. The van der Waals surface area contributed by atoms with Crippen LogP contribution in [0.4, 0.5) is 32.0 Å². The van der Waals surface area contributed by atoms with E-state index in [9.17, 15) is 31.4 Å². The number of benzene rings is 4. The van der Waals surface area contributed by atoms with Gasteiger partial charge in [0.05, 0.1) is 16.8 Å². The predicted molar refractivity (Wildman–Crippen MR) is 148 cm³/mol. The van der Waals surface area contributed by atoms with Crippen LogP contribution in [0.2, 0.25) is 0 Å². The van der Waals surface area contributed by atoms with Gasteiger partial charge in [0.1, 0.15) is 5.75 Å². The number of halogens is 8. The summed E-state index contributed by atoms with van der Waals surface area (Å²) in [4.78, 5) is 3.93. The van der Waals surface area contributed by atoms with Gasteiger partial charge >= 0.3 is 50.2 Å². The summed E-state index contributed by atoms with van der Waals surface area (Å²) in [6, 6.07) is 23.2. The van der Waals surface area contributed by atoms with Crippen LogP contribution in [0.5, 0.6) is 5.75 Å². The first-order chi connectivity index (χ1) is 19.2. The summed E-state index contributed by atoms with van der Waals surface area (Å²) in [6.45, 7) is 3.82. The van der Waals surface area contributed by atoms with E-state index in [4.69, 9.17) is 17.0 Å². The van der Waals surface area contributed by atoms with Crippen molar-refractivity contribution in [3.63, 3.8) is 0 Å². The van der Waals surface area contributed by atoms with Gasteiger partial charge in [0.25, 0.3) is 0 Å². The molecule has 0 aliphatic heterocycles. The first-order valence-electron chi connectivity index (χ1n) is 12.0. The number of nitrogens with zero attached hydrogens (tertiary/aromatic N) is 1. The summed E-state index contributed by atoms with van der Waals surface area (Å²) >= 11 is -0.826. The van der Waals surface area contributed by atoms with E-state index in [1.54, 1.807) is 6.07 Å². The molecule has 4 rings (SSSR count). The van der Waals surface area contributed by atoms with Gasteiger partial charge in [-0.05, 0) is 47.0 Å². The van der Waals surface area contributed by atoms with Crippen molar-refractivity contribution in [2.24, 2.45) is 4.99 Å². The van der Waals surface area contributed by atoms with Gasteiger partial charge in [0.15, 0.2) is 0 Å². The number of hydrogen-bond donors (Lipinski definition) is 1. The van der Waals surface area contributed by atoms with Crippen LogP contribution in [-0.4, -0.2) is 11.3 Å². The summed E-state index contributed by atoms with van der Waals surface area (Å²) in [6.07, 6.45) is -8.90. The van der Waals surface area contributed by atoms with Crippen molar-refractivity contribution in [3.8, 4) is 16.9 Å².